The maximum atomic E-state index is 12.3. The Morgan fingerprint density at radius 2 is 1.74 bits per heavy atom. The van der Waals surface area contributed by atoms with E-state index >= 15 is 0 Å². The van der Waals surface area contributed by atoms with E-state index in [4.69, 9.17) is 14.5 Å². The summed E-state index contributed by atoms with van der Waals surface area (Å²) >= 11 is 0. The van der Waals surface area contributed by atoms with Crippen LogP contribution in [-0.2, 0) is 13.0 Å². The van der Waals surface area contributed by atoms with Gasteiger partial charge in [0.2, 0.25) is 0 Å². The summed E-state index contributed by atoms with van der Waals surface area (Å²) in [5, 5.41) is 2.95. The van der Waals surface area contributed by atoms with Crippen molar-refractivity contribution in [1.29, 1.82) is 0 Å². The van der Waals surface area contributed by atoms with E-state index in [1.165, 1.54) is 0 Å². The van der Waals surface area contributed by atoms with Crippen molar-refractivity contribution in [3.63, 3.8) is 0 Å². The Morgan fingerprint density at radius 1 is 1.00 bits per heavy atom. The van der Waals surface area contributed by atoms with Crippen LogP contribution in [-0.4, -0.2) is 40.7 Å². The molecule has 0 fully saturated rings. The molecule has 0 aliphatic heterocycles. The average Bonchev–Trinajstić information content (AvgIpc) is 3.17. The van der Waals surface area contributed by atoms with Gasteiger partial charge < -0.3 is 19.4 Å². The second-order valence-electron chi connectivity index (χ2n) is 6.91. The van der Waals surface area contributed by atoms with Crippen molar-refractivity contribution in [3.05, 3.63) is 84.4 Å². The van der Waals surface area contributed by atoms with Crippen LogP contribution in [0.25, 0.3) is 11.0 Å². The number of fused-ring (bicyclic) bond motifs is 1. The molecule has 7 heteroatoms. The number of hydrogen-bond acceptors (Lipinski definition) is 5. The molecule has 0 bridgehead atoms. The molecule has 2 aromatic heterocycles. The van der Waals surface area contributed by atoms with E-state index in [2.05, 4.69) is 14.9 Å². The number of benzene rings is 2. The monoisotopic (exact) mass is 416 g/mol. The molecule has 2 aromatic carbocycles. The van der Waals surface area contributed by atoms with Crippen LogP contribution < -0.4 is 14.8 Å². The molecule has 1 N–H and O–H groups in total. The Balaban J connectivity index is 1.43. The lowest BCUT2D eigenvalue weighted by Crippen LogP contribution is -2.26. The molecule has 7 nitrogen and oxygen atoms in total. The number of aromatic nitrogens is 3. The van der Waals surface area contributed by atoms with E-state index in [1.807, 2.05) is 48.5 Å². The average molecular weight is 416 g/mol. The lowest BCUT2D eigenvalue weighted by atomic mass is 10.2. The Hall–Kier alpha value is -3.87. The van der Waals surface area contributed by atoms with Crippen LogP contribution in [0, 0.1) is 0 Å². The highest BCUT2D eigenvalue weighted by Crippen LogP contribution is 2.26. The van der Waals surface area contributed by atoms with Crippen LogP contribution >= 0.6 is 0 Å². The highest BCUT2D eigenvalue weighted by atomic mass is 16.5. The molecule has 0 saturated heterocycles. The third kappa shape index (κ3) is 4.83. The fourth-order valence-corrected chi connectivity index (χ4v) is 3.44. The zero-order chi connectivity index (χ0) is 21.5. The van der Waals surface area contributed by atoms with Gasteiger partial charge in [-0.05, 0) is 36.4 Å². The van der Waals surface area contributed by atoms with E-state index < -0.39 is 0 Å². The lowest BCUT2D eigenvalue weighted by Gasteiger charge is -2.13. The van der Waals surface area contributed by atoms with Gasteiger partial charge >= 0.3 is 0 Å². The van der Waals surface area contributed by atoms with Gasteiger partial charge in [0, 0.05) is 30.9 Å². The molecule has 0 saturated carbocycles. The van der Waals surface area contributed by atoms with Crippen LogP contribution in [0.2, 0.25) is 0 Å². The predicted octanol–water partition coefficient (Wildman–Crippen LogP) is 3.49. The molecule has 0 radical (unpaired) electrons. The van der Waals surface area contributed by atoms with Gasteiger partial charge in [0.15, 0.2) is 11.5 Å². The number of pyridine rings is 1. The fourth-order valence-electron chi connectivity index (χ4n) is 3.44. The summed E-state index contributed by atoms with van der Waals surface area (Å²) in [6, 6.07) is 19.0. The fraction of sp³-hybridized carbons (Fsp3) is 0.208. The number of nitrogens with zero attached hydrogens (tertiary/aromatic N) is 3. The first-order valence-corrected chi connectivity index (χ1v) is 10.1. The maximum Gasteiger partial charge on any atom is 0.251 e. The molecule has 4 rings (SSSR count). The van der Waals surface area contributed by atoms with Crippen molar-refractivity contribution in [3.8, 4) is 11.5 Å². The van der Waals surface area contributed by atoms with Crippen molar-refractivity contribution in [1.82, 2.24) is 19.9 Å². The first-order valence-electron chi connectivity index (χ1n) is 10.1. The number of carbonyl (C=O) groups is 1. The van der Waals surface area contributed by atoms with Crippen LogP contribution in [0.15, 0.2) is 73.1 Å². The molecule has 0 atom stereocenters. The van der Waals surface area contributed by atoms with E-state index in [0.29, 0.717) is 43.2 Å². The number of rotatable bonds is 9. The first-order chi connectivity index (χ1) is 15.3. The smallest absolute Gasteiger partial charge is 0.251 e. The molecule has 158 valence electrons. The molecule has 4 aromatic rings. The van der Waals surface area contributed by atoms with Crippen LogP contribution in [0.1, 0.15) is 16.2 Å². The molecule has 0 unspecified atom stereocenters. The summed E-state index contributed by atoms with van der Waals surface area (Å²) in [6.45, 7) is 1.58. The number of hydrogen-bond donors (Lipinski definition) is 1. The van der Waals surface area contributed by atoms with Crippen molar-refractivity contribution in [2.24, 2.45) is 0 Å². The molecular weight excluding hydrogens is 392 g/mol. The van der Waals surface area contributed by atoms with Crippen LogP contribution in [0.4, 0.5) is 0 Å². The second kappa shape index (κ2) is 9.75. The molecule has 2 heterocycles. The third-order valence-corrected chi connectivity index (χ3v) is 4.95. The number of imidazole rings is 1. The minimum Gasteiger partial charge on any atom is -0.493 e. The Bertz CT molecular complexity index is 1160. The summed E-state index contributed by atoms with van der Waals surface area (Å²) in [7, 11) is 1.63. The van der Waals surface area contributed by atoms with Crippen LogP contribution in [0.5, 0.6) is 11.5 Å². The summed E-state index contributed by atoms with van der Waals surface area (Å²) < 4.78 is 13.4. The minimum atomic E-state index is -0.121. The second-order valence-corrected chi connectivity index (χ2v) is 6.91. The third-order valence-electron chi connectivity index (χ3n) is 4.95. The van der Waals surface area contributed by atoms with Crippen LogP contribution in [0.3, 0.4) is 0 Å². The number of amides is 1. The quantitative estimate of drug-likeness (QED) is 0.452. The standard InChI is InChI=1S/C24H24N4O3/c1-30-21-8-4-5-9-22(21)31-17-16-28-20-7-3-2-6-19(20)27-23(28)12-15-26-24(29)18-10-13-25-14-11-18/h2-11,13-14H,12,15-17H2,1H3,(H,26,29). The topological polar surface area (TPSA) is 78.3 Å². The normalized spacial score (nSPS) is 10.7. The Morgan fingerprint density at radius 3 is 2.55 bits per heavy atom. The van der Waals surface area contributed by atoms with Gasteiger partial charge in [0.25, 0.3) is 5.91 Å². The largest absolute Gasteiger partial charge is 0.493 e. The summed E-state index contributed by atoms with van der Waals surface area (Å²) in [6.07, 6.45) is 3.83. The minimum absolute atomic E-state index is 0.121. The first kappa shape index (κ1) is 20.4. The zero-order valence-electron chi connectivity index (χ0n) is 17.3. The highest BCUT2D eigenvalue weighted by molar-refractivity contribution is 5.93. The van der Waals surface area contributed by atoms with Gasteiger partial charge in [-0.2, -0.15) is 0 Å². The van der Waals surface area contributed by atoms with Gasteiger partial charge in [-0.25, -0.2) is 4.98 Å². The Kier molecular flexibility index (Phi) is 6.42. The van der Waals surface area contributed by atoms with E-state index in [-0.39, 0.29) is 5.91 Å². The van der Waals surface area contributed by atoms with E-state index in [1.54, 1.807) is 31.6 Å². The van der Waals surface area contributed by atoms with Crippen molar-refractivity contribution in [2.75, 3.05) is 20.3 Å². The van der Waals surface area contributed by atoms with E-state index in [9.17, 15) is 4.79 Å². The van der Waals surface area contributed by atoms with Gasteiger partial charge in [0.1, 0.15) is 12.4 Å². The number of methoxy groups -OCH3 is 1. The van der Waals surface area contributed by atoms with Gasteiger partial charge in [-0.1, -0.05) is 24.3 Å². The molecule has 0 aliphatic carbocycles. The van der Waals surface area contributed by atoms with Gasteiger partial charge in [-0.3, -0.25) is 9.78 Å². The molecule has 1 amide bonds. The number of carbonyl (C=O) groups excluding carboxylic acids is 1. The SMILES string of the molecule is COc1ccccc1OCCn1c(CCNC(=O)c2ccncc2)nc2ccccc21. The molecule has 0 spiro atoms. The number of nitrogens with one attached hydrogen (secondary N) is 1. The zero-order valence-corrected chi connectivity index (χ0v) is 17.3. The highest BCUT2D eigenvalue weighted by Gasteiger charge is 2.12. The maximum absolute atomic E-state index is 12.3. The van der Waals surface area contributed by atoms with Gasteiger partial charge in [0.05, 0.1) is 24.7 Å². The summed E-state index contributed by atoms with van der Waals surface area (Å²) in [4.78, 5) is 21.0. The van der Waals surface area contributed by atoms with Crippen molar-refractivity contribution < 1.29 is 14.3 Å². The van der Waals surface area contributed by atoms with Gasteiger partial charge in [-0.15, -0.1) is 0 Å². The molecular formula is C24H24N4O3. The molecule has 0 aliphatic rings. The summed E-state index contributed by atoms with van der Waals surface area (Å²) in [5.41, 5.74) is 2.56. The Labute approximate surface area is 180 Å². The molecule has 31 heavy (non-hydrogen) atoms. The predicted molar refractivity (Wildman–Crippen MR) is 118 cm³/mol. The lowest BCUT2D eigenvalue weighted by molar-refractivity contribution is 0.0953. The number of para-hydroxylation sites is 4. The van der Waals surface area contributed by atoms with Crippen molar-refractivity contribution >= 4 is 16.9 Å². The summed E-state index contributed by atoms with van der Waals surface area (Å²) in [5.74, 6) is 2.20. The number of ether oxygens (including phenoxy) is 2. The van der Waals surface area contributed by atoms with E-state index in [0.717, 1.165) is 16.9 Å². The van der Waals surface area contributed by atoms with Crippen molar-refractivity contribution in [2.45, 2.75) is 13.0 Å².